The second kappa shape index (κ2) is 5.35. The van der Waals surface area contributed by atoms with Crippen LogP contribution in [-0.2, 0) is 0 Å². The van der Waals surface area contributed by atoms with Gasteiger partial charge in [-0.15, -0.1) is 0 Å². The van der Waals surface area contributed by atoms with Gasteiger partial charge in [0.1, 0.15) is 5.69 Å². The third kappa shape index (κ3) is 2.68. The molecular weight excluding hydrogens is 296 g/mol. The van der Waals surface area contributed by atoms with Crippen molar-refractivity contribution in [3.63, 3.8) is 0 Å². The molecule has 0 atom stereocenters. The normalized spacial score (nSPS) is 11.0. The summed E-state index contributed by atoms with van der Waals surface area (Å²) < 4.78 is 25.1. The lowest BCUT2D eigenvalue weighted by Gasteiger charge is -2.03. The van der Waals surface area contributed by atoms with Crippen LogP contribution >= 0.6 is 0 Å². The summed E-state index contributed by atoms with van der Waals surface area (Å²) in [5.74, 6) is -0.968. The van der Waals surface area contributed by atoms with Gasteiger partial charge in [0.25, 0.3) is 17.9 Å². The van der Waals surface area contributed by atoms with E-state index in [0.29, 0.717) is 16.7 Å². The van der Waals surface area contributed by atoms with Crippen molar-refractivity contribution in [1.29, 1.82) is 0 Å². The van der Waals surface area contributed by atoms with Crippen LogP contribution in [0.1, 0.15) is 22.7 Å². The molecule has 3 aromatic rings. The van der Waals surface area contributed by atoms with E-state index < -0.39 is 23.7 Å². The minimum atomic E-state index is -2.70. The molecule has 0 aliphatic rings. The number of fused-ring (bicyclic) bond motifs is 1. The Balaban J connectivity index is 1.85. The maximum absolute atomic E-state index is 12.6. The SMILES string of the molecule is O=C(Nc1ccc2nc(C(F)F)[nH]c2c1)c1ccc(=O)[nH]n1. The molecular formula is C13H9F2N5O2. The molecule has 0 saturated heterocycles. The summed E-state index contributed by atoms with van der Waals surface area (Å²) in [7, 11) is 0. The van der Waals surface area contributed by atoms with E-state index in [1.54, 1.807) is 0 Å². The van der Waals surface area contributed by atoms with Crippen molar-refractivity contribution in [3.05, 3.63) is 52.2 Å². The Bertz CT molecular complexity index is 882. The van der Waals surface area contributed by atoms with Crippen LogP contribution in [0.25, 0.3) is 11.0 Å². The fraction of sp³-hybridized carbons (Fsp3) is 0.0769. The summed E-state index contributed by atoms with van der Waals surface area (Å²) in [4.78, 5) is 29.0. The Morgan fingerprint density at radius 3 is 2.73 bits per heavy atom. The number of anilines is 1. The number of aromatic nitrogens is 4. The fourth-order valence-corrected chi connectivity index (χ4v) is 1.88. The molecule has 0 saturated carbocycles. The highest BCUT2D eigenvalue weighted by atomic mass is 19.3. The van der Waals surface area contributed by atoms with Crippen molar-refractivity contribution < 1.29 is 13.6 Å². The number of hydrogen-bond donors (Lipinski definition) is 3. The van der Waals surface area contributed by atoms with Crippen molar-refractivity contribution in [3.8, 4) is 0 Å². The molecule has 3 N–H and O–H groups in total. The highest BCUT2D eigenvalue weighted by Gasteiger charge is 2.13. The molecule has 0 spiro atoms. The average Bonchev–Trinajstić information content (AvgIpc) is 2.91. The highest BCUT2D eigenvalue weighted by Crippen LogP contribution is 2.22. The number of aromatic amines is 2. The van der Waals surface area contributed by atoms with Gasteiger partial charge in [-0.1, -0.05) is 0 Å². The largest absolute Gasteiger partial charge is 0.337 e. The maximum Gasteiger partial charge on any atom is 0.295 e. The van der Waals surface area contributed by atoms with Gasteiger partial charge in [-0.3, -0.25) is 9.59 Å². The first kappa shape index (κ1) is 13.9. The number of rotatable bonds is 3. The van der Waals surface area contributed by atoms with Crippen LogP contribution in [0, 0.1) is 0 Å². The average molecular weight is 305 g/mol. The van der Waals surface area contributed by atoms with Crippen molar-refractivity contribution in [2.45, 2.75) is 6.43 Å². The number of nitrogens with one attached hydrogen (secondary N) is 3. The van der Waals surface area contributed by atoms with Gasteiger partial charge in [0.05, 0.1) is 11.0 Å². The van der Waals surface area contributed by atoms with Gasteiger partial charge >= 0.3 is 0 Å². The van der Waals surface area contributed by atoms with Crippen LogP contribution in [-0.4, -0.2) is 26.1 Å². The van der Waals surface area contributed by atoms with Crippen molar-refractivity contribution >= 4 is 22.6 Å². The number of alkyl halides is 2. The summed E-state index contributed by atoms with van der Waals surface area (Å²) in [6, 6.07) is 6.97. The summed E-state index contributed by atoms with van der Waals surface area (Å²) in [6.45, 7) is 0. The molecule has 0 aliphatic carbocycles. The van der Waals surface area contributed by atoms with E-state index in [0.717, 1.165) is 0 Å². The highest BCUT2D eigenvalue weighted by molar-refractivity contribution is 6.03. The monoisotopic (exact) mass is 305 g/mol. The topological polar surface area (TPSA) is 104 Å². The van der Waals surface area contributed by atoms with Crippen LogP contribution < -0.4 is 10.9 Å². The van der Waals surface area contributed by atoms with E-state index in [9.17, 15) is 18.4 Å². The van der Waals surface area contributed by atoms with Crippen LogP contribution in [0.4, 0.5) is 14.5 Å². The quantitative estimate of drug-likeness (QED) is 0.686. The van der Waals surface area contributed by atoms with E-state index in [4.69, 9.17) is 0 Å². The van der Waals surface area contributed by atoms with Crippen molar-refractivity contribution in [2.24, 2.45) is 0 Å². The number of hydrogen-bond acceptors (Lipinski definition) is 4. The Kier molecular flexibility index (Phi) is 3.37. The number of halogens is 2. The molecule has 0 radical (unpaired) electrons. The van der Waals surface area contributed by atoms with Crippen LogP contribution in [0.2, 0.25) is 0 Å². The minimum Gasteiger partial charge on any atom is -0.337 e. The van der Waals surface area contributed by atoms with Gasteiger partial charge in [-0.25, -0.2) is 18.9 Å². The van der Waals surface area contributed by atoms with E-state index in [-0.39, 0.29) is 5.69 Å². The Labute approximate surface area is 121 Å². The third-order valence-electron chi connectivity index (χ3n) is 2.88. The zero-order valence-electron chi connectivity index (χ0n) is 10.9. The molecule has 3 rings (SSSR count). The Morgan fingerprint density at radius 2 is 2.05 bits per heavy atom. The van der Waals surface area contributed by atoms with Crippen LogP contribution in [0.3, 0.4) is 0 Å². The molecule has 0 unspecified atom stereocenters. The van der Waals surface area contributed by atoms with Gasteiger partial charge in [0, 0.05) is 11.8 Å². The van der Waals surface area contributed by atoms with Crippen LogP contribution in [0.5, 0.6) is 0 Å². The number of H-pyrrole nitrogens is 2. The summed E-state index contributed by atoms with van der Waals surface area (Å²) in [5, 5.41) is 8.29. The molecule has 1 amide bonds. The third-order valence-corrected chi connectivity index (χ3v) is 2.88. The lowest BCUT2D eigenvalue weighted by molar-refractivity contribution is 0.102. The van der Waals surface area contributed by atoms with Gasteiger partial charge in [0.15, 0.2) is 5.82 Å². The first-order valence-electron chi connectivity index (χ1n) is 6.18. The number of nitrogens with zero attached hydrogens (tertiary/aromatic N) is 2. The zero-order chi connectivity index (χ0) is 15.7. The first-order valence-corrected chi connectivity index (χ1v) is 6.18. The molecule has 9 heteroatoms. The summed E-state index contributed by atoms with van der Waals surface area (Å²) in [6.07, 6.45) is -2.70. The maximum atomic E-state index is 12.6. The first-order chi connectivity index (χ1) is 10.5. The minimum absolute atomic E-state index is 0.0255. The van der Waals surface area contributed by atoms with Gasteiger partial charge in [0.2, 0.25) is 0 Å². The molecule has 2 aromatic heterocycles. The van der Waals surface area contributed by atoms with Gasteiger partial charge < -0.3 is 10.3 Å². The Hall–Kier alpha value is -3.10. The van der Waals surface area contributed by atoms with Crippen molar-refractivity contribution in [2.75, 3.05) is 5.32 Å². The molecule has 2 heterocycles. The number of imidazole rings is 1. The lowest BCUT2D eigenvalue weighted by atomic mass is 10.2. The van der Waals surface area contributed by atoms with Crippen molar-refractivity contribution in [1.82, 2.24) is 20.2 Å². The predicted molar refractivity (Wildman–Crippen MR) is 73.9 cm³/mol. The fourth-order valence-electron chi connectivity index (χ4n) is 1.88. The molecule has 0 bridgehead atoms. The second-order valence-electron chi connectivity index (χ2n) is 4.42. The molecule has 7 nitrogen and oxygen atoms in total. The number of carbonyl (C=O) groups is 1. The van der Waals surface area contributed by atoms with Gasteiger partial charge in [-0.2, -0.15) is 5.10 Å². The Morgan fingerprint density at radius 1 is 1.23 bits per heavy atom. The van der Waals surface area contributed by atoms with Gasteiger partial charge in [-0.05, 0) is 24.3 Å². The number of benzene rings is 1. The molecule has 112 valence electrons. The molecule has 1 aromatic carbocycles. The lowest BCUT2D eigenvalue weighted by Crippen LogP contribution is -2.17. The summed E-state index contributed by atoms with van der Waals surface area (Å²) >= 11 is 0. The van der Waals surface area contributed by atoms with E-state index in [1.807, 2.05) is 0 Å². The molecule has 22 heavy (non-hydrogen) atoms. The molecule has 0 aliphatic heterocycles. The second-order valence-corrected chi connectivity index (χ2v) is 4.42. The zero-order valence-corrected chi connectivity index (χ0v) is 10.9. The summed E-state index contributed by atoms with van der Waals surface area (Å²) in [5.41, 5.74) is 0.737. The number of amides is 1. The predicted octanol–water partition coefficient (Wildman–Crippen LogP) is 1.84. The standard InChI is InChI=1S/C13H9F2N5O2/c14-11(15)12-17-7-2-1-6(5-9(7)18-12)16-13(22)8-3-4-10(21)20-19-8/h1-5,11H,(H,16,22)(H,17,18)(H,20,21). The van der Waals surface area contributed by atoms with E-state index in [1.165, 1.54) is 30.3 Å². The van der Waals surface area contributed by atoms with E-state index >= 15 is 0 Å². The smallest absolute Gasteiger partial charge is 0.295 e. The molecule has 0 fully saturated rings. The van der Waals surface area contributed by atoms with Crippen LogP contribution in [0.15, 0.2) is 35.1 Å². The van der Waals surface area contributed by atoms with E-state index in [2.05, 4.69) is 25.5 Å². The number of carbonyl (C=O) groups excluding carboxylic acids is 1.